The Morgan fingerprint density at radius 3 is 2.27 bits per heavy atom. The van der Waals surface area contributed by atoms with Crippen LogP contribution in [0.5, 0.6) is 0 Å². The van der Waals surface area contributed by atoms with E-state index in [4.69, 9.17) is 0 Å². The van der Waals surface area contributed by atoms with Crippen LogP contribution in [0, 0.1) is 5.82 Å². The van der Waals surface area contributed by atoms with E-state index in [9.17, 15) is 14.0 Å². The van der Waals surface area contributed by atoms with Crippen molar-refractivity contribution in [2.75, 3.05) is 4.90 Å². The number of aryl methyl sites for hydroxylation is 1. The van der Waals surface area contributed by atoms with Crippen LogP contribution in [0.2, 0.25) is 0 Å². The molecule has 1 saturated heterocycles. The highest BCUT2D eigenvalue weighted by atomic mass is 19.1. The molecule has 132 valence electrons. The lowest BCUT2D eigenvalue weighted by molar-refractivity contribution is -0.123. The molecule has 6 nitrogen and oxygen atoms in total. The van der Waals surface area contributed by atoms with Crippen molar-refractivity contribution in [3.05, 3.63) is 65.5 Å². The molecule has 0 aromatic heterocycles. The maximum absolute atomic E-state index is 13.1. The largest absolute Gasteiger partial charge is 0.271 e. The van der Waals surface area contributed by atoms with Gasteiger partial charge in [-0.3, -0.25) is 14.6 Å². The van der Waals surface area contributed by atoms with Crippen molar-refractivity contribution >= 4 is 17.5 Å². The van der Waals surface area contributed by atoms with Crippen LogP contribution >= 0.6 is 0 Å². The van der Waals surface area contributed by atoms with Crippen molar-refractivity contribution in [2.45, 2.75) is 32.0 Å². The van der Waals surface area contributed by atoms with E-state index in [-0.39, 0.29) is 5.91 Å². The van der Waals surface area contributed by atoms with Crippen LogP contribution in [-0.4, -0.2) is 28.9 Å². The van der Waals surface area contributed by atoms with E-state index in [2.05, 4.69) is 17.3 Å². The third kappa shape index (κ3) is 2.65. The fourth-order valence-corrected chi connectivity index (χ4v) is 3.27. The number of anilines is 1. The summed E-state index contributed by atoms with van der Waals surface area (Å²) in [7, 11) is 0. The molecule has 0 radical (unpaired) electrons. The summed E-state index contributed by atoms with van der Waals surface area (Å²) < 4.78 is 13.1. The van der Waals surface area contributed by atoms with Crippen molar-refractivity contribution in [1.82, 2.24) is 5.01 Å². The van der Waals surface area contributed by atoms with Gasteiger partial charge >= 0.3 is 0 Å². The zero-order valence-electron chi connectivity index (χ0n) is 14.2. The number of fused-ring (bicyclic) bond motifs is 1. The summed E-state index contributed by atoms with van der Waals surface area (Å²) in [6.45, 7) is 2.48. The topological polar surface area (TPSA) is 65.3 Å². The van der Waals surface area contributed by atoms with Gasteiger partial charge in [-0.2, -0.15) is 5.11 Å². The fraction of sp³-hybridized carbons (Fsp3) is 0.263. The highest BCUT2D eigenvalue weighted by molar-refractivity contribution is 6.25. The molecular formula is C19H17FN4O2. The minimum Gasteiger partial charge on any atom is -0.271 e. The van der Waals surface area contributed by atoms with Crippen LogP contribution in [-0.2, 0) is 22.6 Å². The summed E-state index contributed by atoms with van der Waals surface area (Å²) in [5.41, 5.74) is 2.56. The molecule has 2 amide bonds. The van der Waals surface area contributed by atoms with E-state index < -0.39 is 23.8 Å². The average molecular weight is 352 g/mol. The van der Waals surface area contributed by atoms with Gasteiger partial charge in [-0.1, -0.05) is 36.4 Å². The van der Waals surface area contributed by atoms with E-state index >= 15 is 0 Å². The summed E-state index contributed by atoms with van der Waals surface area (Å²) in [5, 5.41) is 9.58. The minimum atomic E-state index is -0.845. The van der Waals surface area contributed by atoms with Crippen LogP contribution in [0.3, 0.4) is 0 Å². The van der Waals surface area contributed by atoms with Crippen molar-refractivity contribution in [3.8, 4) is 0 Å². The van der Waals surface area contributed by atoms with E-state index in [0.29, 0.717) is 12.2 Å². The second-order valence-corrected chi connectivity index (χ2v) is 6.35. The summed E-state index contributed by atoms with van der Waals surface area (Å²) in [6.07, 6.45) is 0.952. The van der Waals surface area contributed by atoms with Crippen molar-refractivity contribution in [2.24, 2.45) is 10.3 Å². The molecule has 0 spiro atoms. The van der Waals surface area contributed by atoms with Gasteiger partial charge in [-0.15, -0.1) is 0 Å². The fourth-order valence-electron chi connectivity index (χ4n) is 3.27. The summed E-state index contributed by atoms with van der Waals surface area (Å²) >= 11 is 0. The number of hydrogen-bond donors (Lipinski definition) is 0. The molecule has 2 aromatic carbocycles. The number of halogens is 1. The second-order valence-electron chi connectivity index (χ2n) is 6.35. The smallest absolute Gasteiger partial charge is 0.263 e. The Balaban J connectivity index is 1.56. The average Bonchev–Trinajstić information content (AvgIpc) is 3.17. The van der Waals surface area contributed by atoms with Gasteiger partial charge < -0.3 is 0 Å². The van der Waals surface area contributed by atoms with Crippen LogP contribution in [0.25, 0.3) is 0 Å². The number of amides is 2. The van der Waals surface area contributed by atoms with Crippen LogP contribution < -0.4 is 4.90 Å². The first kappa shape index (κ1) is 16.4. The van der Waals surface area contributed by atoms with E-state index in [1.54, 1.807) is 5.01 Å². The molecular weight excluding hydrogens is 335 g/mol. The molecule has 2 aromatic rings. The van der Waals surface area contributed by atoms with Crippen LogP contribution in [0.15, 0.2) is 58.9 Å². The summed E-state index contributed by atoms with van der Waals surface area (Å²) in [6, 6.07) is 11.7. The lowest BCUT2D eigenvalue weighted by atomic mass is 10.1. The third-order valence-electron chi connectivity index (χ3n) is 4.72. The number of carbonyl (C=O) groups is 2. The Bertz CT molecular complexity index is 879. The molecule has 2 aliphatic heterocycles. The molecule has 2 atom stereocenters. The Morgan fingerprint density at radius 2 is 1.62 bits per heavy atom. The lowest BCUT2D eigenvalue weighted by Gasteiger charge is -2.20. The van der Waals surface area contributed by atoms with Crippen LogP contribution in [0.4, 0.5) is 10.1 Å². The molecule has 0 aliphatic carbocycles. The predicted molar refractivity (Wildman–Crippen MR) is 92.7 cm³/mol. The Labute approximate surface area is 149 Å². The zero-order valence-corrected chi connectivity index (χ0v) is 14.2. The zero-order chi connectivity index (χ0) is 18.3. The summed E-state index contributed by atoms with van der Waals surface area (Å²) in [4.78, 5) is 26.5. The SMILES string of the molecule is CCc1ccc(CN2N=N[C@@H]3C(=O)N(c4ccc(F)cc4)C(=O)[C@H]32)cc1. The Morgan fingerprint density at radius 1 is 0.962 bits per heavy atom. The Kier molecular flexibility index (Phi) is 3.99. The molecule has 0 saturated carbocycles. The molecule has 4 rings (SSSR count). The lowest BCUT2D eigenvalue weighted by Crippen LogP contribution is -2.39. The second kappa shape index (κ2) is 6.33. The van der Waals surface area contributed by atoms with E-state index in [1.165, 1.54) is 29.8 Å². The molecule has 2 aliphatic rings. The first-order valence-corrected chi connectivity index (χ1v) is 8.47. The molecule has 0 bridgehead atoms. The highest BCUT2D eigenvalue weighted by Gasteiger charge is 2.54. The Hall–Kier alpha value is -3.09. The third-order valence-corrected chi connectivity index (χ3v) is 4.72. The first-order valence-electron chi connectivity index (χ1n) is 8.47. The van der Waals surface area contributed by atoms with Gasteiger partial charge in [-0.25, -0.2) is 9.29 Å². The number of nitrogens with zero attached hydrogens (tertiary/aromatic N) is 4. The first-order chi connectivity index (χ1) is 12.6. The van der Waals surface area contributed by atoms with Crippen molar-refractivity contribution < 1.29 is 14.0 Å². The van der Waals surface area contributed by atoms with Gasteiger partial charge in [0.2, 0.25) is 0 Å². The molecule has 7 heteroatoms. The van der Waals surface area contributed by atoms with Gasteiger partial charge in [0, 0.05) is 0 Å². The van der Waals surface area contributed by atoms with Crippen molar-refractivity contribution in [1.29, 1.82) is 0 Å². The van der Waals surface area contributed by atoms with E-state index in [1.807, 2.05) is 24.3 Å². The predicted octanol–water partition coefficient (Wildman–Crippen LogP) is 2.88. The quantitative estimate of drug-likeness (QED) is 0.795. The maximum atomic E-state index is 13.1. The number of benzene rings is 2. The van der Waals surface area contributed by atoms with E-state index in [0.717, 1.165) is 16.9 Å². The highest BCUT2D eigenvalue weighted by Crippen LogP contribution is 2.32. The number of rotatable bonds is 4. The van der Waals surface area contributed by atoms with Crippen LogP contribution in [0.1, 0.15) is 18.1 Å². The van der Waals surface area contributed by atoms with Gasteiger partial charge in [0.25, 0.3) is 11.8 Å². The molecule has 1 fully saturated rings. The van der Waals surface area contributed by atoms with Crippen molar-refractivity contribution in [3.63, 3.8) is 0 Å². The van der Waals surface area contributed by atoms with Gasteiger partial charge in [0.15, 0.2) is 12.1 Å². The molecule has 2 heterocycles. The number of imide groups is 1. The standard InChI is InChI=1S/C19H17FN4O2/c1-2-12-3-5-13(6-4-12)11-23-17-16(21-22-23)18(25)24(19(17)26)15-9-7-14(20)8-10-15/h3-10,16-17H,2,11H2,1H3/t16-,17-/m0/s1. The van der Waals surface area contributed by atoms with Gasteiger partial charge in [0.1, 0.15) is 5.82 Å². The monoisotopic (exact) mass is 352 g/mol. The van der Waals surface area contributed by atoms with Gasteiger partial charge in [-0.05, 0) is 41.8 Å². The normalized spacial score (nSPS) is 21.6. The van der Waals surface area contributed by atoms with Gasteiger partial charge in [0.05, 0.1) is 12.2 Å². The number of hydrogen-bond acceptors (Lipinski definition) is 5. The maximum Gasteiger partial charge on any atom is 0.263 e. The molecule has 0 unspecified atom stereocenters. The minimum absolute atomic E-state index is 0.346. The molecule has 26 heavy (non-hydrogen) atoms. The summed E-state index contributed by atoms with van der Waals surface area (Å²) in [5.74, 6) is -1.24. The number of carbonyl (C=O) groups excluding carboxylic acids is 2. The molecule has 0 N–H and O–H groups in total.